The largest absolute Gasteiger partial charge is 0.382 e. The van der Waals surface area contributed by atoms with Crippen LogP contribution in [0.3, 0.4) is 0 Å². The Bertz CT molecular complexity index is 473. The predicted molar refractivity (Wildman–Crippen MR) is 83.8 cm³/mol. The predicted octanol–water partition coefficient (Wildman–Crippen LogP) is 2.70. The van der Waals surface area contributed by atoms with Gasteiger partial charge in [-0.05, 0) is 58.0 Å². The van der Waals surface area contributed by atoms with E-state index in [0.717, 1.165) is 37.7 Å². The lowest BCUT2D eigenvalue weighted by molar-refractivity contribution is -0.143. The summed E-state index contributed by atoms with van der Waals surface area (Å²) in [6.45, 7) is 8.72. The lowest BCUT2D eigenvalue weighted by atomic mass is 9.60. The van der Waals surface area contributed by atoms with Crippen LogP contribution < -0.4 is 0 Å². The highest BCUT2D eigenvalue weighted by molar-refractivity contribution is 5.20. The van der Waals surface area contributed by atoms with Gasteiger partial charge in [-0.25, -0.2) is 0 Å². The lowest BCUT2D eigenvalue weighted by Crippen LogP contribution is -2.53. The average Bonchev–Trinajstić information content (AvgIpc) is 2.83. The van der Waals surface area contributed by atoms with Gasteiger partial charge >= 0.3 is 0 Å². The van der Waals surface area contributed by atoms with Crippen LogP contribution in [0.15, 0.2) is 4.52 Å². The molecule has 1 spiro atoms. The molecule has 1 aromatic heterocycles. The second-order valence-electron chi connectivity index (χ2n) is 6.83. The van der Waals surface area contributed by atoms with E-state index in [2.05, 4.69) is 10.1 Å². The van der Waals surface area contributed by atoms with Crippen molar-refractivity contribution in [3.05, 3.63) is 17.0 Å². The third-order valence-corrected chi connectivity index (χ3v) is 5.61. The molecule has 0 amide bonds. The summed E-state index contributed by atoms with van der Waals surface area (Å²) in [5, 5.41) is 4.06. The zero-order valence-corrected chi connectivity index (χ0v) is 14.1. The van der Waals surface area contributed by atoms with Gasteiger partial charge in [0, 0.05) is 19.2 Å². The Morgan fingerprint density at radius 2 is 2.00 bits per heavy atom. The van der Waals surface area contributed by atoms with Gasteiger partial charge in [0.15, 0.2) is 0 Å². The summed E-state index contributed by atoms with van der Waals surface area (Å²) in [7, 11) is 1.73. The van der Waals surface area contributed by atoms with E-state index < -0.39 is 0 Å². The van der Waals surface area contributed by atoms with Crippen molar-refractivity contribution in [2.75, 3.05) is 33.4 Å². The first-order valence-electron chi connectivity index (χ1n) is 8.39. The van der Waals surface area contributed by atoms with E-state index in [1.807, 2.05) is 13.8 Å². The van der Waals surface area contributed by atoms with Crippen LogP contribution in [-0.2, 0) is 16.0 Å². The standard InChI is InChI=1S/C17H28N2O3/c1-13-15(14(2)22-18-13)12-19-8-6-17(7-9-19)5-4-16(17)21-11-10-20-3/h16H,4-12H2,1-3H3. The molecule has 1 atom stereocenters. The second kappa shape index (κ2) is 6.69. The molecular formula is C17H28N2O3. The third kappa shape index (κ3) is 3.07. The molecular weight excluding hydrogens is 280 g/mol. The monoisotopic (exact) mass is 308 g/mol. The topological polar surface area (TPSA) is 47.7 Å². The van der Waals surface area contributed by atoms with Gasteiger partial charge < -0.3 is 14.0 Å². The van der Waals surface area contributed by atoms with Gasteiger partial charge in [-0.3, -0.25) is 4.90 Å². The van der Waals surface area contributed by atoms with Gasteiger partial charge in [0.25, 0.3) is 0 Å². The Balaban J connectivity index is 1.50. The molecule has 124 valence electrons. The number of aromatic nitrogens is 1. The van der Waals surface area contributed by atoms with Crippen molar-refractivity contribution in [1.29, 1.82) is 0 Å². The number of likely N-dealkylation sites (tertiary alicyclic amines) is 1. The smallest absolute Gasteiger partial charge is 0.138 e. The van der Waals surface area contributed by atoms with E-state index in [4.69, 9.17) is 14.0 Å². The van der Waals surface area contributed by atoms with E-state index in [1.54, 1.807) is 7.11 Å². The van der Waals surface area contributed by atoms with Crippen LogP contribution >= 0.6 is 0 Å². The number of rotatable bonds is 6. The van der Waals surface area contributed by atoms with Crippen molar-refractivity contribution in [2.45, 2.75) is 52.2 Å². The van der Waals surface area contributed by atoms with Crippen LogP contribution in [0.25, 0.3) is 0 Å². The number of ether oxygens (including phenoxy) is 2. The summed E-state index contributed by atoms with van der Waals surface area (Å²) < 4.78 is 16.4. The third-order valence-electron chi connectivity index (χ3n) is 5.61. The van der Waals surface area contributed by atoms with Crippen LogP contribution in [0.2, 0.25) is 0 Å². The van der Waals surface area contributed by atoms with E-state index in [9.17, 15) is 0 Å². The molecule has 0 bridgehead atoms. The van der Waals surface area contributed by atoms with E-state index in [0.29, 0.717) is 18.1 Å². The molecule has 1 aliphatic carbocycles. The Morgan fingerprint density at radius 1 is 1.23 bits per heavy atom. The molecule has 2 fully saturated rings. The van der Waals surface area contributed by atoms with Crippen LogP contribution in [0.4, 0.5) is 0 Å². The fraction of sp³-hybridized carbons (Fsp3) is 0.824. The first kappa shape index (κ1) is 16.0. The Labute approximate surface area is 132 Å². The summed E-state index contributed by atoms with van der Waals surface area (Å²) in [5.41, 5.74) is 2.72. The maximum Gasteiger partial charge on any atom is 0.138 e. The summed E-state index contributed by atoms with van der Waals surface area (Å²) in [6, 6.07) is 0. The number of methoxy groups -OCH3 is 1. The van der Waals surface area contributed by atoms with Gasteiger partial charge in [-0.1, -0.05) is 5.16 Å². The molecule has 1 saturated heterocycles. The van der Waals surface area contributed by atoms with Crippen molar-refractivity contribution in [3.63, 3.8) is 0 Å². The Morgan fingerprint density at radius 3 is 2.55 bits per heavy atom. The Hall–Kier alpha value is -0.910. The van der Waals surface area contributed by atoms with Crippen molar-refractivity contribution >= 4 is 0 Å². The molecule has 0 radical (unpaired) electrons. The van der Waals surface area contributed by atoms with Gasteiger partial charge in [-0.15, -0.1) is 0 Å². The van der Waals surface area contributed by atoms with E-state index >= 15 is 0 Å². The lowest BCUT2D eigenvalue weighted by Gasteiger charge is -2.53. The van der Waals surface area contributed by atoms with Gasteiger partial charge in [0.05, 0.1) is 25.0 Å². The molecule has 5 nitrogen and oxygen atoms in total. The minimum Gasteiger partial charge on any atom is -0.382 e. The summed E-state index contributed by atoms with van der Waals surface area (Å²) in [4.78, 5) is 2.53. The first-order valence-corrected chi connectivity index (χ1v) is 8.39. The van der Waals surface area contributed by atoms with Crippen molar-refractivity contribution in [2.24, 2.45) is 5.41 Å². The zero-order chi connectivity index (χ0) is 15.6. The van der Waals surface area contributed by atoms with Gasteiger partial charge in [-0.2, -0.15) is 0 Å². The van der Waals surface area contributed by atoms with Crippen LogP contribution in [0, 0.1) is 19.3 Å². The SMILES string of the molecule is COCCOC1CCC12CCN(Cc1c(C)noc1C)CC2. The molecule has 1 saturated carbocycles. The van der Waals surface area contributed by atoms with Crippen LogP contribution in [0.1, 0.15) is 42.7 Å². The molecule has 1 unspecified atom stereocenters. The highest BCUT2D eigenvalue weighted by atomic mass is 16.5. The molecule has 0 aromatic carbocycles. The molecule has 1 aromatic rings. The number of hydrogen-bond acceptors (Lipinski definition) is 5. The molecule has 2 aliphatic rings. The summed E-state index contributed by atoms with van der Waals surface area (Å²) in [6.07, 6.45) is 5.48. The number of hydrogen-bond donors (Lipinski definition) is 0. The van der Waals surface area contributed by atoms with Crippen molar-refractivity contribution in [1.82, 2.24) is 10.1 Å². The van der Waals surface area contributed by atoms with E-state index in [1.165, 1.54) is 31.2 Å². The highest BCUT2D eigenvalue weighted by Gasteiger charge is 2.48. The van der Waals surface area contributed by atoms with E-state index in [-0.39, 0.29) is 0 Å². The minimum absolute atomic E-state index is 0.434. The van der Waals surface area contributed by atoms with Crippen LogP contribution in [-0.4, -0.2) is 49.6 Å². The fourth-order valence-electron chi connectivity index (χ4n) is 3.88. The molecule has 3 rings (SSSR count). The fourth-order valence-corrected chi connectivity index (χ4v) is 3.88. The number of aryl methyl sites for hydroxylation is 2. The molecule has 0 N–H and O–H groups in total. The maximum atomic E-state index is 6.02. The molecule has 1 aliphatic heterocycles. The minimum atomic E-state index is 0.434. The average molecular weight is 308 g/mol. The maximum absolute atomic E-state index is 6.02. The molecule has 5 heteroatoms. The Kier molecular flexibility index (Phi) is 4.85. The summed E-state index contributed by atoms with van der Waals surface area (Å²) in [5.74, 6) is 0.960. The normalized spacial score (nSPS) is 24.6. The van der Waals surface area contributed by atoms with Crippen LogP contribution in [0.5, 0.6) is 0 Å². The first-order chi connectivity index (χ1) is 10.6. The quantitative estimate of drug-likeness (QED) is 0.756. The number of nitrogens with zero attached hydrogens (tertiary/aromatic N) is 2. The molecule has 2 heterocycles. The summed E-state index contributed by atoms with van der Waals surface area (Å²) >= 11 is 0. The van der Waals surface area contributed by atoms with Gasteiger partial charge in [0.2, 0.25) is 0 Å². The van der Waals surface area contributed by atoms with Gasteiger partial charge in [0.1, 0.15) is 5.76 Å². The highest BCUT2D eigenvalue weighted by Crippen LogP contribution is 2.50. The number of piperidine rings is 1. The second-order valence-corrected chi connectivity index (χ2v) is 6.83. The zero-order valence-electron chi connectivity index (χ0n) is 14.1. The molecule has 22 heavy (non-hydrogen) atoms. The van der Waals surface area contributed by atoms with Crippen molar-refractivity contribution in [3.8, 4) is 0 Å². The van der Waals surface area contributed by atoms with Crippen molar-refractivity contribution < 1.29 is 14.0 Å².